The first-order chi connectivity index (χ1) is 8.16. The second kappa shape index (κ2) is 5.43. The Labute approximate surface area is 99.0 Å². The number of rotatable bonds is 3. The Hall–Kier alpha value is -1.19. The van der Waals surface area contributed by atoms with Crippen molar-refractivity contribution in [3.8, 4) is 0 Å². The number of halogens is 3. The third kappa shape index (κ3) is 3.14. The standard InChI is InChI=1S/C13H16F3N/c14-10-6-11(15)13(12(16)7-10)17-8-9-4-2-1-3-5-9/h6-7,9,17H,1-5,8H2. The lowest BCUT2D eigenvalue weighted by Crippen LogP contribution is -2.18. The van der Waals surface area contributed by atoms with Crippen LogP contribution in [0.25, 0.3) is 0 Å². The van der Waals surface area contributed by atoms with Crippen molar-refractivity contribution in [2.45, 2.75) is 32.1 Å². The van der Waals surface area contributed by atoms with Crippen molar-refractivity contribution in [3.05, 3.63) is 29.6 Å². The average molecular weight is 243 g/mol. The summed E-state index contributed by atoms with van der Waals surface area (Å²) < 4.78 is 39.3. The number of hydrogen-bond donors (Lipinski definition) is 1. The van der Waals surface area contributed by atoms with Gasteiger partial charge in [0.2, 0.25) is 0 Å². The Morgan fingerprint density at radius 2 is 1.59 bits per heavy atom. The van der Waals surface area contributed by atoms with E-state index in [2.05, 4.69) is 5.32 Å². The van der Waals surface area contributed by atoms with Crippen LogP contribution < -0.4 is 5.32 Å². The maximum absolute atomic E-state index is 13.3. The summed E-state index contributed by atoms with van der Waals surface area (Å²) in [5, 5.41) is 2.76. The van der Waals surface area contributed by atoms with Gasteiger partial charge in [0, 0.05) is 18.7 Å². The van der Waals surface area contributed by atoms with E-state index >= 15 is 0 Å². The highest BCUT2D eigenvalue weighted by Gasteiger charge is 2.16. The van der Waals surface area contributed by atoms with Gasteiger partial charge in [-0.2, -0.15) is 0 Å². The van der Waals surface area contributed by atoms with E-state index in [1.54, 1.807) is 0 Å². The molecule has 2 rings (SSSR count). The van der Waals surface area contributed by atoms with Gasteiger partial charge in [-0.3, -0.25) is 0 Å². The van der Waals surface area contributed by atoms with E-state index in [0.717, 1.165) is 12.8 Å². The zero-order valence-corrected chi connectivity index (χ0v) is 9.61. The monoisotopic (exact) mass is 243 g/mol. The molecule has 17 heavy (non-hydrogen) atoms. The van der Waals surface area contributed by atoms with Crippen molar-refractivity contribution < 1.29 is 13.2 Å². The molecule has 0 radical (unpaired) electrons. The third-order valence-electron chi connectivity index (χ3n) is 3.30. The molecule has 1 aromatic rings. The molecule has 0 heterocycles. The van der Waals surface area contributed by atoms with Gasteiger partial charge in [-0.1, -0.05) is 19.3 Å². The maximum atomic E-state index is 13.3. The van der Waals surface area contributed by atoms with Crippen molar-refractivity contribution in [2.75, 3.05) is 11.9 Å². The predicted molar refractivity (Wildman–Crippen MR) is 61.4 cm³/mol. The number of benzene rings is 1. The molecular formula is C13H16F3N. The van der Waals surface area contributed by atoms with Gasteiger partial charge in [0.1, 0.15) is 11.5 Å². The molecule has 1 N–H and O–H groups in total. The summed E-state index contributed by atoms with van der Waals surface area (Å²) in [6.45, 7) is 0.555. The largest absolute Gasteiger partial charge is 0.380 e. The molecule has 4 heteroatoms. The SMILES string of the molecule is Fc1cc(F)c(NCC2CCCCC2)c(F)c1. The summed E-state index contributed by atoms with van der Waals surface area (Å²) in [7, 11) is 0. The zero-order chi connectivity index (χ0) is 12.3. The van der Waals surface area contributed by atoms with Crippen molar-refractivity contribution >= 4 is 5.69 Å². The smallest absolute Gasteiger partial charge is 0.152 e. The van der Waals surface area contributed by atoms with E-state index in [1.165, 1.54) is 19.3 Å². The highest BCUT2D eigenvalue weighted by Crippen LogP contribution is 2.25. The Morgan fingerprint density at radius 1 is 1.00 bits per heavy atom. The molecule has 1 aromatic carbocycles. The number of nitrogens with one attached hydrogen (secondary N) is 1. The summed E-state index contributed by atoms with van der Waals surface area (Å²) in [4.78, 5) is 0. The summed E-state index contributed by atoms with van der Waals surface area (Å²) in [6.07, 6.45) is 5.80. The Balaban J connectivity index is 1.98. The van der Waals surface area contributed by atoms with Gasteiger partial charge in [0.25, 0.3) is 0 Å². The van der Waals surface area contributed by atoms with Gasteiger partial charge >= 0.3 is 0 Å². The molecule has 0 aliphatic heterocycles. The first kappa shape index (κ1) is 12.3. The van der Waals surface area contributed by atoms with E-state index in [-0.39, 0.29) is 5.69 Å². The molecule has 1 aliphatic rings. The van der Waals surface area contributed by atoms with Crippen LogP contribution >= 0.6 is 0 Å². The minimum absolute atomic E-state index is 0.211. The Bertz CT molecular complexity index is 363. The molecule has 1 fully saturated rings. The summed E-state index contributed by atoms with van der Waals surface area (Å²) in [5.74, 6) is -2.15. The third-order valence-corrected chi connectivity index (χ3v) is 3.30. The van der Waals surface area contributed by atoms with Crippen LogP contribution in [0.15, 0.2) is 12.1 Å². The first-order valence-electron chi connectivity index (χ1n) is 6.05. The zero-order valence-electron chi connectivity index (χ0n) is 9.61. The summed E-state index contributed by atoms with van der Waals surface area (Å²) in [6, 6.07) is 1.40. The number of anilines is 1. The molecule has 94 valence electrons. The van der Waals surface area contributed by atoms with Crippen molar-refractivity contribution in [2.24, 2.45) is 5.92 Å². The van der Waals surface area contributed by atoms with Crippen molar-refractivity contribution in [3.63, 3.8) is 0 Å². The lowest BCUT2D eigenvalue weighted by molar-refractivity contribution is 0.372. The van der Waals surface area contributed by atoms with Crippen LogP contribution in [-0.4, -0.2) is 6.54 Å². The van der Waals surface area contributed by atoms with E-state index in [9.17, 15) is 13.2 Å². The van der Waals surface area contributed by atoms with E-state index < -0.39 is 17.5 Å². The lowest BCUT2D eigenvalue weighted by Gasteiger charge is -2.22. The molecule has 0 atom stereocenters. The van der Waals surface area contributed by atoms with Crippen LogP contribution in [0.5, 0.6) is 0 Å². The first-order valence-corrected chi connectivity index (χ1v) is 6.05. The normalized spacial score (nSPS) is 17.1. The van der Waals surface area contributed by atoms with Gasteiger partial charge in [-0.15, -0.1) is 0 Å². The second-order valence-corrected chi connectivity index (χ2v) is 4.63. The molecule has 1 nitrogen and oxygen atoms in total. The summed E-state index contributed by atoms with van der Waals surface area (Å²) >= 11 is 0. The van der Waals surface area contributed by atoms with Crippen molar-refractivity contribution in [1.29, 1.82) is 0 Å². The highest BCUT2D eigenvalue weighted by atomic mass is 19.1. The van der Waals surface area contributed by atoms with Gasteiger partial charge < -0.3 is 5.32 Å². The molecular weight excluding hydrogens is 227 g/mol. The summed E-state index contributed by atoms with van der Waals surface area (Å²) in [5.41, 5.74) is -0.211. The van der Waals surface area contributed by atoms with Crippen LogP contribution in [0.3, 0.4) is 0 Å². The van der Waals surface area contributed by atoms with E-state index in [1.807, 2.05) is 0 Å². The minimum atomic E-state index is -0.886. The van der Waals surface area contributed by atoms with Crippen LogP contribution in [0.1, 0.15) is 32.1 Å². The van der Waals surface area contributed by atoms with Crippen LogP contribution in [0.2, 0.25) is 0 Å². The molecule has 0 spiro atoms. The van der Waals surface area contributed by atoms with Crippen molar-refractivity contribution in [1.82, 2.24) is 0 Å². The minimum Gasteiger partial charge on any atom is -0.380 e. The van der Waals surface area contributed by atoms with E-state index in [0.29, 0.717) is 24.6 Å². The lowest BCUT2D eigenvalue weighted by atomic mass is 9.89. The van der Waals surface area contributed by atoms with Gasteiger partial charge in [-0.25, -0.2) is 13.2 Å². The second-order valence-electron chi connectivity index (χ2n) is 4.63. The molecule has 0 saturated heterocycles. The Kier molecular flexibility index (Phi) is 3.92. The fraction of sp³-hybridized carbons (Fsp3) is 0.538. The molecule has 1 aliphatic carbocycles. The quantitative estimate of drug-likeness (QED) is 0.842. The maximum Gasteiger partial charge on any atom is 0.152 e. The molecule has 0 amide bonds. The van der Waals surface area contributed by atoms with Crippen LogP contribution in [0.4, 0.5) is 18.9 Å². The molecule has 1 saturated carbocycles. The molecule has 0 bridgehead atoms. The average Bonchev–Trinajstić information content (AvgIpc) is 2.29. The fourth-order valence-electron chi connectivity index (χ4n) is 2.35. The molecule has 0 unspecified atom stereocenters. The van der Waals surface area contributed by atoms with Crippen LogP contribution in [-0.2, 0) is 0 Å². The topological polar surface area (TPSA) is 12.0 Å². The van der Waals surface area contributed by atoms with Gasteiger partial charge in [-0.05, 0) is 18.8 Å². The molecule has 0 aromatic heterocycles. The van der Waals surface area contributed by atoms with Gasteiger partial charge in [0.15, 0.2) is 11.6 Å². The predicted octanol–water partition coefficient (Wildman–Crippen LogP) is 4.10. The van der Waals surface area contributed by atoms with E-state index in [4.69, 9.17) is 0 Å². The fourth-order valence-corrected chi connectivity index (χ4v) is 2.35. The van der Waals surface area contributed by atoms with Crippen LogP contribution in [0, 0.1) is 23.4 Å². The highest BCUT2D eigenvalue weighted by molar-refractivity contribution is 5.46. The Morgan fingerprint density at radius 3 is 2.18 bits per heavy atom. The van der Waals surface area contributed by atoms with Gasteiger partial charge in [0.05, 0.1) is 0 Å². The number of hydrogen-bond acceptors (Lipinski definition) is 1.